The smallest absolute Gasteiger partial charge is 0.267 e. The maximum absolute atomic E-state index is 13.0. The Hall–Kier alpha value is -2.64. The first-order valence-corrected chi connectivity index (χ1v) is 7.36. The lowest BCUT2D eigenvalue weighted by molar-refractivity contribution is 0.0902. The molecule has 2 aromatic rings. The SMILES string of the molecule is CCN(CC)N(C(=O)c1ccccc1C#N)c1ccccc1. The number of amides is 1. The molecule has 0 unspecified atom stereocenters. The highest BCUT2D eigenvalue weighted by Gasteiger charge is 2.24. The standard InChI is InChI=1S/C18H19N3O/c1-3-20(4-2)21(16-11-6-5-7-12-16)18(22)17-13-9-8-10-15(17)14-19/h5-13H,3-4H2,1-2H3. The van der Waals surface area contributed by atoms with Crippen molar-refractivity contribution in [2.45, 2.75) is 13.8 Å². The van der Waals surface area contributed by atoms with Gasteiger partial charge in [0.2, 0.25) is 0 Å². The van der Waals surface area contributed by atoms with Crippen molar-refractivity contribution >= 4 is 11.6 Å². The molecule has 0 bridgehead atoms. The minimum Gasteiger partial charge on any atom is -0.267 e. The van der Waals surface area contributed by atoms with E-state index in [1.807, 2.05) is 49.2 Å². The maximum atomic E-state index is 13.0. The summed E-state index contributed by atoms with van der Waals surface area (Å²) in [5.41, 5.74) is 1.60. The fourth-order valence-electron chi connectivity index (χ4n) is 2.37. The molecule has 0 N–H and O–H groups in total. The lowest BCUT2D eigenvalue weighted by atomic mass is 10.1. The summed E-state index contributed by atoms with van der Waals surface area (Å²) < 4.78 is 0. The number of carbonyl (C=O) groups is 1. The molecule has 0 heterocycles. The molecule has 4 nitrogen and oxygen atoms in total. The Bertz CT molecular complexity index is 672. The van der Waals surface area contributed by atoms with Gasteiger partial charge in [0.15, 0.2) is 0 Å². The van der Waals surface area contributed by atoms with Crippen LogP contribution < -0.4 is 5.01 Å². The first kappa shape index (κ1) is 15.7. The van der Waals surface area contributed by atoms with Crippen LogP contribution in [0.3, 0.4) is 0 Å². The van der Waals surface area contributed by atoms with Crippen LogP contribution in [0.2, 0.25) is 0 Å². The van der Waals surface area contributed by atoms with Crippen LogP contribution in [0.15, 0.2) is 54.6 Å². The predicted molar refractivity (Wildman–Crippen MR) is 87.3 cm³/mol. The molecule has 0 spiro atoms. The number of nitriles is 1. The van der Waals surface area contributed by atoms with Crippen LogP contribution in [0.5, 0.6) is 0 Å². The molecule has 0 aromatic heterocycles. The second kappa shape index (κ2) is 7.39. The molecule has 0 aliphatic heterocycles. The molecular formula is C18H19N3O. The molecule has 0 aliphatic rings. The molecule has 2 rings (SSSR count). The molecule has 0 aliphatic carbocycles. The normalized spacial score (nSPS) is 10.3. The highest BCUT2D eigenvalue weighted by atomic mass is 16.2. The maximum Gasteiger partial charge on any atom is 0.274 e. The number of hydrogen-bond donors (Lipinski definition) is 0. The van der Waals surface area contributed by atoms with Crippen LogP contribution in [0.1, 0.15) is 29.8 Å². The minimum atomic E-state index is -0.188. The highest BCUT2D eigenvalue weighted by Crippen LogP contribution is 2.21. The van der Waals surface area contributed by atoms with Crippen molar-refractivity contribution in [2.75, 3.05) is 18.1 Å². The summed E-state index contributed by atoms with van der Waals surface area (Å²) >= 11 is 0. The third-order valence-corrected chi connectivity index (χ3v) is 3.48. The molecule has 0 saturated carbocycles. The lowest BCUT2D eigenvalue weighted by Gasteiger charge is -2.33. The van der Waals surface area contributed by atoms with Gasteiger partial charge in [-0.2, -0.15) is 5.26 Å². The van der Waals surface area contributed by atoms with Crippen LogP contribution in [0.4, 0.5) is 5.69 Å². The van der Waals surface area contributed by atoms with Crippen molar-refractivity contribution in [3.05, 3.63) is 65.7 Å². The highest BCUT2D eigenvalue weighted by molar-refractivity contribution is 6.07. The van der Waals surface area contributed by atoms with Crippen molar-refractivity contribution in [3.8, 4) is 6.07 Å². The largest absolute Gasteiger partial charge is 0.274 e. The van der Waals surface area contributed by atoms with Gasteiger partial charge < -0.3 is 0 Å². The monoisotopic (exact) mass is 293 g/mol. The van der Waals surface area contributed by atoms with Crippen LogP contribution >= 0.6 is 0 Å². The summed E-state index contributed by atoms with van der Waals surface area (Å²) in [7, 11) is 0. The van der Waals surface area contributed by atoms with E-state index in [0.717, 1.165) is 5.69 Å². The molecular weight excluding hydrogens is 274 g/mol. The lowest BCUT2D eigenvalue weighted by Crippen LogP contribution is -2.47. The summed E-state index contributed by atoms with van der Waals surface area (Å²) in [6, 6.07) is 18.5. The van der Waals surface area contributed by atoms with Gasteiger partial charge in [0.05, 0.1) is 22.9 Å². The zero-order valence-corrected chi connectivity index (χ0v) is 12.9. The number of rotatable bonds is 5. The minimum absolute atomic E-state index is 0.188. The summed E-state index contributed by atoms with van der Waals surface area (Å²) in [5, 5.41) is 12.8. The van der Waals surface area contributed by atoms with Gasteiger partial charge in [-0.15, -0.1) is 0 Å². The van der Waals surface area contributed by atoms with E-state index in [0.29, 0.717) is 24.2 Å². The summed E-state index contributed by atoms with van der Waals surface area (Å²) in [5.74, 6) is -0.188. The first-order chi connectivity index (χ1) is 10.7. The van der Waals surface area contributed by atoms with Gasteiger partial charge in [-0.1, -0.05) is 44.2 Å². The number of hydrazine groups is 1. The van der Waals surface area contributed by atoms with Crippen molar-refractivity contribution < 1.29 is 4.79 Å². The second-order valence-electron chi connectivity index (χ2n) is 4.75. The van der Waals surface area contributed by atoms with E-state index >= 15 is 0 Å². The van der Waals surface area contributed by atoms with Crippen LogP contribution in [-0.2, 0) is 0 Å². The van der Waals surface area contributed by atoms with E-state index in [1.165, 1.54) is 0 Å². The first-order valence-electron chi connectivity index (χ1n) is 7.36. The van der Waals surface area contributed by atoms with E-state index in [1.54, 1.807) is 29.3 Å². The molecule has 0 atom stereocenters. The molecule has 0 saturated heterocycles. The van der Waals surface area contributed by atoms with E-state index in [2.05, 4.69) is 6.07 Å². The topological polar surface area (TPSA) is 47.3 Å². The summed E-state index contributed by atoms with van der Waals surface area (Å²) in [6.07, 6.45) is 0. The average molecular weight is 293 g/mol. The Kier molecular flexibility index (Phi) is 5.29. The Morgan fingerprint density at radius 3 is 2.18 bits per heavy atom. The van der Waals surface area contributed by atoms with Gasteiger partial charge in [0.1, 0.15) is 0 Å². The molecule has 0 radical (unpaired) electrons. The van der Waals surface area contributed by atoms with Crippen molar-refractivity contribution in [1.82, 2.24) is 5.01 Å². The van der Waals surface area contributed by atoms with Gasteiger partial charge >= 0.3 is 0 Å². The van der Waals surface area contributed by atoms with Crippen LogP contribution in [0.25, 0.3) is 0 Å². The van der Waals surface area contributed by atoms with Crippen molar-refractivity contribution in [1.29, 1.82) is 5.26 Å². The third-order valence-electron chi connectivity index (χ3n) is 3.48. The molecule has 1 amide bonds. The van der Waals surface area contributed by atoms with Gasteiger partial charge in [0, 0.05) is 13.1 Å². The molecule has 0 fully saturated rings. The van der Waals surface area contributed by atoms with E-state index in [4.69, 9.17) is 0 Å². The number of nitrogens with zero attached hydrogens (tertiary/aromatic N) is 3. The van der Waals surface area contributed by atoms with E-state index < -0.39 is 0 Å². The Morgan fingerprint density at radius 2 is 1.59 bits per heavy atom. The van der Waals surface area contributed by atoms with E-state index in [9.17, 15) is 10.1 Å². The molecule has 112 valence electrons. The van der Waals surface area contributed by atoms with Gasteiger partial charge in [-0.25, -0.2) is 10.0 Å². The van der Waals surface area contributed by atoms with Crippen molar-refractivity contribution in [3.63, 3.8) is 0 Å². The predicted octanol–water partition coefficient (Wildman–Crippen LogP) is 3.46. The molecule has 22 heavy (non-hydrogen) atoms. The number of carbonyl (C=O) groups excluding carboxylic acids is 1. The Morgan fingerprint density at radius 1 is 1.00 bits per heavy atom. The zero-order valence-electron chi connectivity index (χ0n) is 12.9. The number of para-hydroxylation sites is 1. The van der Waals surface area contributed by atoms with E-state index in [-0.39, 0.29) is 5.91 Å². The fraction of sp³-hybridized carbons (Fsp3) is 0.222. The van der Waals surface area contributed by atoms with Gasteiger partial charge in [0.25, 0.3) is 5.91 Å². The fourth-order valence-corrected chi connectivity index (χ4v) is 2.37. The second-order valence-corrected chi connectivity index (χ2v) is 4.75. The quantitative estimate of drug-likeness (QED) is 0.793. The van der Waals surface area contributed by atoms with Crippen molar-refractivity contribution in [2.24, 2.45) is 0 Å². The third kappa shape index (κ3) is 3.16. The Balaban J connectivity index is 2.50. The van der Waals surface area contributed by atoms with Crippen LogP contribution in [-0.4, -0.2) is 24.0 Å². The van der Waals surface area contributed by atoms with Gasteiger partial charge in [-0.05, 0) is 24.3 Å². The molecule has 4 heteroatoms. The summed E-state index contributed by atoms with van der Waals surface area (Å²) in [6.45, 7) is 5.41. The van der Waals surface area contributed by atoms with Gasteiger partial charge in [-0.3, -0.25) is 4.79 Å². The Labute approximate surface area is 131 Å². The summed E-state index contributed by atoms with van der Waals surface area (Å²) in [4.78, 5) is 13.0. The average Bonchev–Trinajstić information content (AvgIpc) is 2.59. The van der Waals surface area contributed by atoms with Crippen LogP contribution in [0, 0.1) is 11.3 Å². The molecule has 2 aromatic carbocycles. The number of anilines is 1. The number of hydrogen-bond acceptors (Lipinski definition) is 3. The zero-order chi connectivity index (χ0) is 15.9. The number of benzene rings is 2.